The van der Waals surface area contributed by atoms with E-state index in [2.05, 4.69) is 10.3 Å². The van der Waals surface area contributed by atoms with E-state index in [9.17, 15) is 23.1 Å². The van der Waals surface area contributed by atoms with Crippen LogP contribution in [0.4, 0.5) is 13.2 Å². The van der Waals surface area contributed by atoms with Crippen molar-refractivity contribution in [2.75, 3.05) is 0 Å². The van der Waals surface area contributed by atoms with E-state index in [1.165, 1.54) is 12.3 Å². The van der Waals surface area contributed by atoms with E-state index >= 15 is 0 Å². The molecule has 0 aliphatic heterocycles. The molecule has 0 saturated heterocycles. The summed E-state index contributed by atoms with van der Waals surface area (Å²) in [5, 5.41) is 18.9. The van der Waals surface area contributed by atoms with Gasteiger partial charge in [-0.25, -0.2) is 4.68 Å². The van der Waals surface area contributed by atoms with Crippen molar-refractivity contribution in [3.63, 3.8) is 0 Å². The maximum Gasteiger partial charge on any atom is 0.434 e. The van der Waals surface area contributed by atoms with Crippen LogP contribution in [0.3, 0.4) is 0 Å². The van der Waals surface area contributed by atoms with Crippen LogP contribution in [0.2, 0.25) is 0 Å². The summed E-state index contributed by atoms with van der Waals surface area (Å²) in [6.07, 6.45) is -2.60. The van der Waals surface area contributed by atoms with E-state index < -0.39 is 18.0 Å². The lowest BCUT2D eigenvalue weighted by Gasteiger charge is -2.18. The average molecular weight is 521 g/mol. The number of ether oxygens (including phenoxy) is 1. The van der Waals surface area contributed by atoms with Crippen LogP contribution >= 0.6 is 0 Å². The summed E-state index contributed by atoms with van der Waals surface area (Å²) in [6.45, 7) is 0.241. The summed E-state index contributed by atoms with van der Waals surface area (Å²) in [4.78, 5) is 10.7. The van der Waals surface area contributed by atoms with Gasteiger partial charge in [-0.15, -0.1) is 0 Å². The minimum atomic E-state index is -4.70. The zero-order valence-electron chi connectivity index (χ0n) is 19.5. The van der Waals surface area contributed by atoms with E-state index in [4.69, 9.17) is 13.7 Å². The number of aryl methyl sites for hydroxylation is 1. The van der Waals surface area contributed by atoms with Crippen LogP contribution in [-0.2, 0) is 23.8 Å². The molecule has 1 unspecified atom stereocenters. The quantitative estimate of drug-likeness (QED) is 0.294. The standard InChI is InChI=1S/C27H18F3N3O5/c28-27(29,30)26-20(13-31-33(26)17-4-2-1-3-5-17)24-19-9-6-15-12-16(7-8-18(15)22(19)32-38-24)23(35)25-21(37-14-34)10-11-36-25/h1-5,7-8,10-14,23,35H,6,9H2. The molecular weight excluding hydrogens is 503 g/mol. The van der Waals surface area contributed by atoms with Crippen molar-refractivity contribution < 1.29 is 36.7 Å². The Kier molecular flexibility index (Phi) is 5.64. The summed E-state index contributed by atoms with van der Waals surface area (Å²) in [7, 11) is 0. The van der Waals surface area contributed by atoms with Gasteiger partial charge in [-0.3, -0.25) is 4.79 Å². The number of nitrogens with zero attached hydrogens (tertiary/aromatic N) is 3. The monoisotopic (exact) mass is 521 g/mol. The number of halogens is 3. The Bertz CT molecular complexity index is 1640. The second-order valence-electron chi connectivity index (χ2n) is 8.67. The fourth-order valence-electron chi connectivity index (χ4n) is 4.81. The second-order valence-corrected chi connectivity index (χ2v) is 8.67. The number of carbonyl (C=O) groups excluding carboxylic acids is 1. The van der Waals surface area contributed by atoms with Gasteiger partial charge in [0.1, 0.15) is 11.8 Å². The topological polar surface area (TPSA) is 104 Å². The van der Waals surface area contributed by atoms with Crippen LogP contribution in [-0.4, -0.2) is 26.5 Å². The number of aliphatic hydroxyl groups excluding tert-OH is 1. The fraction of sp³-hybridized carbons (Fsp3) is 0.148. The molecule has 8 nitrogen and oxygen atoms in total. The van der Waals surface area contributed by atoms with Crippen LogP contribution in [0, 0.1) is 0 Å². The third kappa shape index (κ3) is 3.88. The minimum absolute atomic E-state index is 0.0236. The highest BCUT2D eigenvalue weighted by atomic mass is 19.4. The van der Waals surface area contributed by atoms with E-state index in [-0.39, 0.29) is 35.0 Å². The van der Waals surface area contributed by atoms with Gasteiger partial charge in [0.2, 0.25) is 0 Å². The number of fused-ring (bicyclic) bond motifs is 3. The SMILES string of the molecule is O=COc1ccoc1C(O)c1ccc2c(c1)CCc1c-2noc1-c1cnn(-c2ccccc2)c1C(F)(F)F. The normalized spacial score (nSPS) is 13.6. The maximum atomic E-state index is 14.2. The van der Waals surface area contributed by atoms with Crippen molar-refractivity contribution >= 4 is 6.47 Å². The Morgan fingerprint density at radius 3 is 2.66 bits per heavy atom. The molecular formula is C27H18F3N3O5. The van der Waals surface area contributed by atoms with Gasteiger partial charge in [-0.2, -0.15) is 18.3 Å². The van der Waals surface area contributed by atoms with E-state index in [0.717, 1.165) is 16.4 Å². The van der Waals surface area contributed by atoms with Crippen LogP contribution in [0.25, 0.3) is 28.3 Å². The first kappa shape index (κ1) is 23.7. The summed E-state index contributed by atoms with van der Waals surface area (Å²) in [6, 6.07) is 14.6. The Morgan fingerprint density at radius 2 is 1.89 bits per heavy atom. The molecule has 0 bridgehead atoms. The molecule has 38 heavy (non-hydrogen) atoms. The molecule has 3 heterocycles. The molecule has 0 amide bonds. The van der Waals surface area contributed by atoms with Gasteiger partial charge in [0.05, 0.1) is 23.7 Å². The highest BCUT2D eigenvalue weighted by molar-refractivity contribution is 5.77. The van der Waals surface area contributed by atoms with E-state index in [1.54, 1.807) is 48.5 Å². The number of furan rings is 1. The number of aromatic nitrogens is 3. The number of rotatable bonds is 6. The predicted octanol–water partition coefficient (Wildman–Crippen LogP) is 5.52. The Labute approximate surface area is 212 Å². The number of benzene rings is 2. The van der Waals surface area contributed by atoms with Gasteiger partial charge < -0.3 is 18.8 Å². The molecule has 192 valence electrons. The fourth-order valence-corrected chi connectivity index (χ4v) is 4.81. The molecule has 0 spiro atoms. The number of carbonyl (C=O) groups is 1. The second kappa shape index (κ2) is 9.03. The van der Waals surface area contributed by atoms with Gasteiger partial charge in [0.25, 0.3) is 6.47 Å². The zero-order valence-corrected chi connectivity index (χ0v) is 19.5. The number of para-hydroxylation sites is 1. The average Bonchev–Trinajstić information content (AvgIpc) is 3.66. The van der Waals surface area contributed by atoms with Crippen molar-refractivity contribution in [2.24, 2.45) is 0 Å². The van der Waals surface area contributed by atoms with E-state index in [0.29, 0.717) is 35.2 Å². The van der Waals surface area contributed by atoms with Gasteiger partial charge in [-0.1, -0.05) is 41.6 Å². The number of alkyl halides is 3. The van der Waals surface area contributed by atoms with Crippen molar-refractivity contribution in [2.45, 2.75) is 25.1 Å². The summed E-state index contributed by atoms with van der Waals surface area (Å²) >= 11 is 0. The first-order valence-corrected chi connectivity index (χ1v) is 11.6. The maximum absolute atomic E-state index is 14.2. The van der Waals surface area contributed by atoms with Crippen LogP contribution in [0.5, 0.6) is 5.75 Å². The third-order valence-corrected chi connectivity index (χ3v) is 6.50. The van der Waals surface area contributed by atoms with Gasteiger partial charge in [0.15, 0.2) is 23.0 Å². The lowest BCUT2D eigenvalue weighted by Crippen LogP contribution is -2.14. The lowest BCUT2D eigenvalue weighted by molar-refractivity contribution is -0.142. The van der Waals surface area contributed by atoms with Gasteiger partial charge >= 0.3 is 6.18 Å². The van der Waals surface area contributed by atoms with Gasteiger partial charge in [0, 0.05) is 17.2 Å². The smallest absolute Gasteiger partial charge is 0.434 e. The summed E-state index contributed by atoms with van der Waals surface area (Å²) < 4.78 is 59.2. The van der Waals surface area contributed by atoms with Crippen molar-refractivity contribution in [1.29, 1.82) is 0 Å². The van der Waals surface area contributed by atoms with E-state index in [1.807, 2.05) is 0 Å². The van der Waals surface area contributed by atoms with Crippen LogP contribution in [0.15, 0.2) is 76.0 Å². The predicted molar refractivity (Wildman–Crippen MR) is 126 cm³/mol. The minimum Gasteiger partial charge on any atom is -0.462 e. The Hall–Kier alpha value is -4.64. The van der Waals surface area contributed by atoms with Crippen molar-refractivity contribution in [1.82, 2.24) is 14.9 Å². The highest BCUT2D eigenvalue weighted by Gasteiger charge is 2.41. The third-order valence-electron chi connectivity index (χ3n) is 6.50. The summed E-state index contributed by atoms with van der Waals surface area (Å²) in [5.74, 6) is 0.202. The number of hydrogen-bond donors (Lipinski definition) is 1. The molecule has 0 fully saturated rings. The summed E-state index contributed by atoms with van der Waals surface area (Å²) in [5.41, 5.74) is 2.13. The molecule has 1 N–H and O–H groups in total. The van der Waals surface area contributed by atoms with Crippen molar-refractivity contribution in [3.05, 3.63) is 95.2 Å². The molecule has 3 aromatic heterocycles. The Morgan fingerprint density at radius 1 is 1.08 bits per heavy atom. The molecule has 6 rings (SSSR count). The largest absolute Gasteiger partial charge is 0.462 e. The molecule has 1 atom stereocenters. The number of aliphatic hydroxyl groups is 1. The molecule has 0 saturated carbocycles. The molecule has 2 aromatic carbocycles. The van der Waals surface area contributed by atoms with Crippen LogP contribution in [0.1, 0.15) is 34.2 Å². The van der Waals surface area contributed by atoms with Crippen molar-refractivity contribution in [3.8, 4) is 34.0 Å². The molecule has 1 aliphatic rings. The molecule has 0 radical (unpaired) electrons. The first-order chi connectivity index (χ1) is 18.4. The Balaban J connectivity index is 1.39. The molecule has 5 aromatic rings. The lowest BCUT2D eigenvalue weighted by atomic mass is 9.86. The highest BCUT2D eigenvalue weighted by Crippen LogP contribution is 2.44. The first-order valence-electron chi connectivity index (χ1n) is 11.6. The van der Waals surface area contributed by atoms with Crippen LogP contribution < -0.4 is 4.74 Å². The molecule has 1 aliphatic carbocycles. The number of hydrogen-bond acceptors (Lipinski definition) is 7. The molecule has 11 heteroatoms. The zero-order chi connectivity index (χ0) is 26.4. The van der Waals surface area contributed by atoms with Gasteiger partial charge in [-0.05, 0) is 36.1 Å².